The summed E-state index contributed by atoms with van der Waals surface area (Å²) in [5, 5.41) is 14.5. The summed E-state index contributed by atoms with van der Waals surface area (Å²) >= 11 is 3.15. The zero-order chi connectivity index (χ0) is 15.5. The van der Waals surface area contributed by atoms with Crippen molar-refractivity contribution in [2.45, 2.75) is 33.7 Å². The first-order valence-electron chi connectivity index (χ1n) is 6.21. The van der Waals surface area contributed by atoms with Crippen molar-refractivity contribution in [2.75, 3.05) is 5.32 Å². The molecule has 0 aromatic heterocycles. The number of carboxylic acids is 1. The van der Waals surface area contributed by atoms with Gasteiger partial charge in [0.2, 0.25) is 0 Å². The predicted molar refractivity (Wildman–Crippen MR) is 82.2 cm³/mol. The summed E-state index contributed by atoms with van der Waals surface area (Å²) in [4.78, 5) is 22.9. The summed E-state index contributed by atoms with van der Waals surface area (Å²) < 4.78 is 0.471. The molecule has 0 fully saturated rings. The highest BCUT2D eigenvalue weighted by molar-refractivity contribution is 9.10. The van der Waals surface area contributed by atoms with Gasteiger partial charge in [0.1, 0.15) is 0 Å². The number of hydrogen-bond donors (Lipinski definition) is 3. The Balaban J connectivity index is 2.77. The summed E-state index contributed by atoms with van der Waals surface area (Å²) in [6.07, 6.45) is 0. The minimum atomic E-state index is -1.05. The molecule has 0 aliphatic carbocycles. The van der Waals surface area contributed by atoms with Gasteiger partial charge in [-0.25, -0.2) is 9.59 Å². The lowest BCUT2D eigenvalue weighted by atomic mass is 9.88. The molecule has 0 aliphatic rings. The topological polar surface area (TPSA) is 78.4 Å². The molecule has 0 saturated carbocycles. The number of aromatic carboxylic acids is 1. The Bertz CT molecular complexity index is 524. The number of carbonyl (C=O) groups excluding carboxylic acids is 1. The van der Waals surface area contributed by atoms with Gasteiger partial charge < -0.3 is 15.7 Å². The maximum atomic E-state index is 11.9. The van der Waals surface area contributed by atoms with Gasteiger partial charge >= 0.3 is 12.0 Å². The highest BCUT2D eigenvalue weighted by atomic mass is 79.9. The van der Waals surface area contributed by atoms with Crippen LogP contribution in [0.25, 0.3) is 0 Å². The van der Waals surface area contributed by atoms with Crippen molar-refractivity contribution in [3.8, 4) is 0 Å². The zero-order valence-corrected chi connectivity index (χ0v) is 13.5. The Morgan fingerprint density at radius 1 is 1.30 bits per heavy atom. The first-order chi connectivity index (χ1) is 9.11. The molecule has 1 aromatic carbocycles. The predicted octanol–water partition coefficient (Wildman–Crippen LogP) is 3.70. The summed E-state index contributed by atoms with van der Waals surface area (Å²) in [6, 6.07) is 4.26. The van der Waals surface area contributed by atoms with Crippen LogP contribution in [0.15, 0.2) is 22.7 Å². The van der Waals surface area contributed by atoms with E-state index in [2.05, 4.69) is 26.6 Å². The van der Waals surface area contributed by atoms with Crippen LogP contribution < -0.4 is 10.6 Å². The minimum Gasteiger partial charge on any atom is -0.478 e. The first-order valence-corrected chi connectivity index (χ1v) is 7.01. The fourth-order valence-electron chi connectivity index (χ4n) is 1.35. The van der Waals surface area contributed by atoms with Crippen LogP contribution in [-0.2, 0) is 0 Å². The number of rotatable bonds is 3. The molecule has 110 valence electrons. The average Bonchev–Trinajstić information content (AvgIpc) is 2.29. The fraction of sp³-hybridized carbons (Fsp3) is 0.429. The van der Waals surface area contributed by atoms with Gasteiger partial charge in [-0.3, -0.25) is 0 Å². The highest BCUT2D eigenvalue weighted by Crippen LogP contribution is 2.22. The van der Waals surface area contributed by atoms with Crippen LogP contribution in [0.2, 0.25) is 0 Å². The number of hydrogen-bond acceptors (Lipinski definition) is 2. The molecule has 0 radical (unpaired) electrons. The maximum absolute atomic E-state index is 11.9. The Morgan fingerprint density at radius 2 is 1.90 bits per heavy atom. The molecule has 0 bridgehead atoms. The standard InChI is InChI=1S/C14H19BrN2O3/c1-8(14(2,3)4)16-13(20)17-9-5-6-11(15)10(7-9)12(18)19/h5-8H,1-4H3,(H,18,19)(H2,16,17,20). The largest absolute Gasteiger partial charge is 0.478 e. The zero-order valence-electron chi connectivity index (χ0n) is 12.0. The van der Waals surface area contributed by atoms with Gasteiger partial charge in [-0.1, -0.05) is 20.8 Å². The number of anilines is 1. The van der Waals surface area contributed by atoms with Crippen LogP contribution in [0, 0.1) is 5.41 Å². The van der Waals surface area contributed by atoms with E-state index in [1.807, 2.05) is 27.7 Å². The second-order valence-electron chi connectivity index (χ2n) is 5.69. The number of halogens is 1. The van der Waals surface area contributed by atoms with Gasteiger partial charge in [0, 0.05) is 16.2 Å². The normalized spacial score (nSPS) is 12.7. The van der Waals surface area contributed by atoms with Gasteiger partial charge in [0.05, 0.1) is 5.56 Å². The van der Waals surface area contributed by atoms with Crippen LogP contribution in [0.1, 0.15) is 38.1 Å². The van der Waals surface area contributed by atoms with Crippen molar-refractivity contribution in [3.63, 3.8) is 0 Å². The lowest BCUT2D eigenvalue weighted by Gasteiger charge is -2.28. The first kappa shape index (κ1) is 16.5. The smallest absolute Gasteiger partial charge is 0.336 e. The number of amides is 2. The van der Waals surface area contributed by atoms with Crippen molar-refractivity contribution in [3.05, 3.63) is 28.2 Å². The molecule has 1 rings (SSSR count). The third kappa shape index (κ3) is 4.52. The molecule has 0 spiro atoms. The number of urea groups is 1. The molecular formula is C14H19BrN2O3. The van der Waals surface area contributed by atoms with Gasteiger partial charge in [0.25, 0.3) is 0 Å². The molecule has 1 aromatic rings. The van der Waals surface area contributed by atoms with Crippen LogP contribution in [0.4, 0.5) is 10.5 Å². The van der Waals surface area contributed by atoms with E-state index in [9.17, 15) is 9.59 Å². The van der Waals surface area contributed by atoms with Crippen molar-refractivity contribution in [2.24, 2.45) is 5.41 Å². The third-order valence-electron chi connectivity index (χ3n) is 3.10. The second kappa shape index (κ2) is 6.26. The van der Waals surface area contributed by atoms with Crippen molar-refractivity contribution >= 4 is 33.6 Å². The van der Waals surface area contributed by atoms with Crippen molar-refractivity contribution < 1.29 is 14.7 Å². The minimum absolute atomic E-state index is 0.0168. The fourth-order valence-corrected chi connectivity index (χ4v) is 1.76. The molecule has 0 aliphatic heterocycles. The molecule has 1 atom stereocenters. The Hall–Kier alpha value is -1.56. The lowest BCUT2D eigenvalue weighted by molar-refractivity contribution is 0.0696. The molecular weight excluding hydrogens is 324 g/mol. The van der Waals surface area contributed by atoms with E-state index in [1.165, 1.54) is 6.07 Å². The SMILES string of the molecule is CC(NC(=O)Nc1ccc(Br)c(C(=O)O)c1)C(C)(C)C. The Morgan fingerprint density at radius 3 is 2.40 bits per heavy atom. The van der Waals surface area contributed by atoms with Crippen LogP contribution >= 0.6 is 15.9 Å². The van der Waals surface area contributed by atoms with Crippen LogP contribution in [-0.4, -0.2) is 23.1 Å². The number of benzene rings is 1. The summed E-state index contributed by atoms with van der Waals surface area (Å²) in [5.41, 5.74) is 0.486. The molecule has 0 heterocycles. The molecule has 20 heavy (non-hydrogen) atoms. The van der Waals surface area contributed by atoms with E-state index in [0.717, 1.165) is 0 Å². The molecule has 6 heteroatoms. The third-order valence-corrected chi connectivity index (χ3v) is 3.79. The van der Waals surface area contributed by atoms with E-state index in [1.54, 1.807) is 12.1 Å². The molecule has 1 unspecified atom stereocenters. The van der Waals surface area contributed by atoms with Crippen LogP contribution in [0.5, 0.6) is 0 Å². The maximum Gasteiger partial charge on any atom is 0.336 e. The van der Waals surface area contributed by atoms with Crippen molar-refractivity contribution in [1.29, 1.82) is 0 Å². The number of nitrogens with one attached hydrogen (secondary N) is 2. The molecule has 0 saturated heterocycles. The average molecular weight is 343 g/mol. The summed E-state index contributed by atoms with van der Waals surface area (Å²) in [7, 11) is 0. The molecule has 3 N–H and O–H groups in total. The lowest BCUT2D eigenvalue weighted by Crippen LogP contribution is -2.43. The van der Waals surface area contributed by atoms with E-state index in [-0.39, 0.29) is 23.1 Å². The highest BCUT2D eigenvalue weighted by Gasteiger charge is 2.21. The van der Waals surface area contributed by atoms with E-state index in [0.29, 0.717) is 10.2 Å². The molecule has 2 amide bonds. The summed E-state index contributed by atoms with van der Waals surface area (Å²) in [5.74, 6) is -1.05. The second-order valence-corrected chi connectivity index (χ2v) is 6.54. The number of carbonyl (C=O) groups is 2. The summed E-state index contributed by atoms with van der Waals surface area (Å²) in [6.45, 7) is 8.00. The van der Waals surface area contributed by atoms with Crippen molar-refractivity contribution in [1.82, 2.24) is 5.32 Å². The van der Waals surface area contributed by atoms with E-state index < -0.39 is 5.97 Å². The van der Waals surface area contributed by atoms with Gasteiger partial charge in [-0.05, 0) is 46.5 Å². The van der Waals surface area contributed by atoms with E-state index in [4.69, 9.17) is 5.11 Å². The number of carboxylic acid groups (broad SMARTS) is 1. The monoisotopic (exact) mass is 342 g/mol. The van der Waals surface area contributed by atoms with Gasteiger partial charge in [0.15, 0.2) is 0 Å². The molecule has 5 nitrogen and oxygen atoms in total. The van der Waals surface area contributed by atoms with E-state index >= 15 is 0 Å². The van der Waals surface area contributed by atoms with Crippen LogP contribution in [0.3, 0.4) is 0 Å². The quantitative estimate of drug-likeness (QED) is 0.783. The van der Waals surface area contributed by atoms with Gasteiger partial charge in [-0.15, -0.1) is 0 Å². The van der Waals surface area contributed by atoms with Gasteiger partial charge in [-0.2, -0.15) is 0 Å². The Labute approximate surface area is 126 Å². The Kier molecular flexibility index (Phi) is 5.16.